The highest BCUT2D eigenvalue weighted by atomic mass is 16.5. The van der Waals surface area contributed by atoms with Crippen LogP contribution in [-0.4, -0.2) is 76.1 Å². The number of carbonyl (C=O) groups is 2. The maximum atomic E-state index is 13.1. The van der Waals surface area contributed by atoms with Gasteiger partial charge >= 0.3 is 0 Å². The van der Waals surface area contributed by atoms with E-state index in [1.165, 1.54) is 13.2 Å². The molecule has 0 radical (unpaired) electrons. The second kappa shape index (κ2) is 12.3. The van der Waals surface area contributed by atoms with Gasteiger partial charge in [0.25, 0.3) is 5.91 Å². The number of ether oxygens (including phenoxy) is 1. The quantitative estimate of drug-likeness (QED) is 0.412. The lowest BCUT2D eigenvalue weighted by Gasteiger charge is -2.29. The Morgan fingerprint density at radius 3 is 2.45 bits per heavy atom. The molecule has 0 bridgehead atoms. The molecule has 8 nitrogen and oxygen atoms in total. The monoisotopic (exact) mass is 462 g/mol. The number of methoxy groups -OCH3 is 1. The molecule has 4 N–H and O–H groups in total. The number of hydrogen-bond acceptors (Lipinski definition) is 6. The number of likely N-dealkylation sites (tertiary alicyclic amines) is 1. The van der Waals surface area contributed by atoms with E-state index in [0.29, 0.717) is 19.5 Å². The molecule has 1 aliphatic heterocycles. The molecule has 0 aromatic heterocycles. The Balaban J connectivity index is 2.05. The summed E-state index contributed by atoms with van der Waals surface area (Å²) in [5, 5.41) is 33.8. The average molecular weight is 463 g/mol. The molecular weight excluding hydrogens is 424 g/mol. The van der Waals surface area contributed by atoms with Gasteiger partial charge in [-0.05, 0) is 30.2 Å². The molecule has 5 atom stereocenters. The van der Waals surface area contributed by atoms with Crippen LogP contribution in [0.15, 0.2) is 42.5 Å². The first kappa shape index (κ1) is 27.0. The van der Waals surface area contributed by atoms with Crippen molar-refractivity contribution in [2.75, 3.05) is 13.7 Å². The minimum Gasteiger partial charge on any atom is -0.387 e. The van der Waals surface area contributed by atoms with E-state index in [2.05, 4.69) is 5.32 Å². The summed E-state index contributed by atoms with van der Waals surface area (Å²) >= 11 is 0. The van der Waals surface area contributed by atoms with E-state index in [1.54, 1.807) is 11.0 Å². The highest BCUT2D eigenvalue weighted by molar-refractivity contribution is 5.89. The molecule has 0 spiro atoms. The van der Waals surface area contributed by atoms with Crippen molar-refractivity contribution < 1.29 is 29.6 Å². The lowest BCUT2D eigenvalue weighted by atomic mass is 9.94. The van der Waals surface area contributed by atoms with Crippen LogP contribution in [0.1, 0.15) is 45.6 Å². The van der Waals surface area contributed by atoms with Gasteiger partial charge in [-0.3, -0.25) is 9.59 Å². The van der Waals surface area contributed by atoms with Crippen molar-refractivity contribution in [1.82, 2.24) is 10.2 Å². The zero-order valence-corrected chi connectivity index (χ0v) is 20.0. The number of nitrogens with zero attached hydrogens (tertiary/aromatic N) is 1. The third-order valence-corrected chi connectivity index (χ3v) is 5.63. The Morgan fingerprint density at radius 1 is 1.18 bits per heavy atom. The van der Waals surface area contributed by atoms with E-state index in [1.807, 2.05) is 51.1 Å². The van der Waals surface area contributed by atoms with Gasteiger partial charge in [0.15, 0.2) is 6.10 Å². The summed E-state index contributed by atoms with van der Waals surface area (Å²) in [6, 6.07) is 8.89. The summed E-state index contributed by atoms with van der Waals surface area (Å²) in [4.78, 5) is 27.7. The standard InChI is InChI=1S/C25H38N2O6/c1-25(2,3)14-13-19(28)20(29)21(30)22(33-4)23(31)26-18-12-8-9-15-27(24(18)32)16-17-10-6-5-7-11-17/h5-7,10-11,13-14,18-22,28-30H,8-9,12,15-16H2,1-4H3,(H,26,31)/b14-13+/t18-,19+,20-,21+,22+/m0/s1. The summed E-state index contributed by atoms with van der Waals surface area (Å²) < 4.78 is 5.14. The zero-order valence-electron chi connectivity index (χ0n) is 20.0. The van der Waals surface area contributed by atoms with E-state index >= 15 is 0 Å². The first-order valence-corrected chi connectivity index (χ1v) is 11.4. The average Bonchev–Trinajstić information content (AvgIpc) is 2.93. The van der Waals surface area contributed by atoms with Crippen molar-refractivity contribution in [2.45, 2.75) is 77.0 Å². The number of aliphatic hydroxyl groups excluding tert-OH is 3. The van der Waals surface area contributed by atoms with Crippen LogP contribution < -0.4 is 5.32 Å². The van der Waals surface area contributed by atoms with E-state index in [-0.39, 0.29) is 11.3 Å². The number of rotatable bonds is 9. The van der Waals surface area contributed by atoms with Crippen molar-refractivity contribution in [2.24, 2.45) is 5.41 Å². The topological polar surface area (TPSA) is 119 Å². The molecule has 1 saturated heterocycles. The summed E-state index contributed by atoms with van der Waals surface area (Å²) in [6.45, 7) is 6.83. The van der Waals surface area contributed by atoms with Gasteiger partial charge in [-0.1, -0.05) is 63.3 Å². The van der Waals surface area contributed by atoms with Crippen LogP contribution in [0.5, 0.6) is 0 Å². The van der Waals surface area contributed by atoms with E-state index < -0.39 is 36.4 Å². The number of allylic oxidation sites excluding steroid dienone is 1. The summed E-state index contributed by atoms with van der Waals surface area (Å²) in [5.41, 5.74) is 0.776. The molecule has 2 rings (SSSR count). The summed E-state index contributed by atoms with van der Waals surface area (Å²) in [7, 11) is 1.23. The van der Waals surface area contributed by atoms with Gasteiger partial charge in [-0.2, -0.15) is 0 Å². The Kier molecular flexibility index (Phi) is 10.0. The molecule has 1 fully saturated rings. The van der Waals surface area contributed by atoms with Crippen molar-refractivity contribution in [1.29, 1.82) is 0 Å². The SMILES string of the molecule is CO[C@@H](C(=O)N[C@H]1CCCCN(Cc2ccccc2)C1=O)[C@H](O)[C@@H](O)[C@H](O)/C=C/C(C)(C)C. The molecular formula is C25H38N2O6. The molecule has 0 saturated carbocycles. The second-order valence-electron chi connectivity index (χ2n) is 9.66. The van der Waals surface area contributed by atoms with Gasteiger partial charge in [0.1, 0.15) is 24.4 Å². The minimum atomic E-state index is -1.68. The van der Waals surface area contributed by atoms with Crippen LogP contribution >= 0.6 is 0 Å². The molecule has 1 heterocycles. The number of amides is 2. The van der Waals surface area contributed by atoms with Crippen LogP contribution in [0.3, 0.4) is 0 Å². The van der Waals surface area contributed by atoms with Gasteiger partial charge in [0.05, 0.1) is 0 Å². The molecule has 8 heteroatoms. The van der Waals surface area contributed by atoms with Gasteiger partial charge in [0.2, 0.25) is 5.91 Å². The fourth-order valence-electron chi connectivity index (χ4n) is 3.74. The normalized spacial score (nSPS) is 21.4. The Bertz CT molecular complexity index is 792. The number of carbonyl (C=O) groups excluding carboxylic acids is 2. The van der Waals surface area contributed by atoms with E-state index in [9.17, 15) is 24.9 Å². The zero-order chi connectivity index (χ0) is 24.6. The van der Waals surface area contributed by atoms with Crippen molar-refractivity contribution in [3.8, 4) is 0 Å². The Morgan fingerprint density at radius 2 is 1.85 bits per heavy atom. The maximum Gasteiger partial charge on any atom is 0.252 e. The first-order valence-electron chi connectivity index (χ1n) is 11.4. The van der Waals surface area contributed by atoms with Crippen molar-refractivity contribution in [3.63, 3.8) is 0 Å². The molecule has 0 aliphatic carbocycles. The van der Waals surface area contributed by atoms with Gasteiger partial charge in [0, 0.05) is 20.2 Å². The summed E-state index contributed by atoms with van der Waals surface area (Å²) in [6.07, 6.45) is -0.998. The minimum absolute atomic E-state index is 0.192. The predicted octanol–water partition coefficient (Wildman–Crippen LogP) is 1.38. The third kappa shape index (κ3) is 8.23. The third-order valence-electron chi connectivity index (χ3n) is 5.63. The van der Waals surface area contributed by atoms with Gasteiger partial charge < -0.3 is 30.3 Å². The van der Waals surface area contributed by atoms with E-state index in [0.717, 1.165) is 18.4 Å². The predicted molar refractivity (Wildman–Crippen MR) is 125 cm³/mol. The van der Waals surface area contributed by atoms with Crippen LogP contribution in [0.4, 0.5) is 0 Å². The Hall–Kier alpha value is -2.26. The number of aliphatic hydroxyl groups is 3. The molecule has 0 unspecified atom stereocenters. The van der Waals surface area contributed by atoms with Crippen LogP contribution in [0, 0.1) is 5.41 Å². The maximum absolute atomic E-state index is 13.1. The molecule has 1 aromatic carbocycles. The van der Waals surface area contributed by atoms with Crippen LogP contribution in [0.25, 0.3) is 0 Å². The number of nitrogens with one attached hydrogen (secondary N) is 1. The smallest absolute Gasteiger partial charge is 0.252 e. The highest BCUT2D eigenvalue weighted by Crippen LogP contribution is 2.18. The van der Waals surface area contributed by atoms with E-state index in [4.69, 9.17) is 4.74 Å². The fourth-order valence-corrected chi connectivity index (χ4v) is 3.74. The molecule has 33 heavy (non-hydrogen) atoms. The lowest BCUT2D eigenvalue weighted by Crippen LogP contribution is -2.55. The largest absolute Gasteiger partial charge is 0.387 e. The van der Waals surface area contributed by atoms with Crippen LogP contribution in [0.2, 0.25) is 0 Å². The molecule has 2 amide bonds. The molecule has 1 aliphatic rings. The first-order chi connectivity index (χ1) is 15.5. The molecule has 1 aromatic rings. The van der Waals surface area contributed by atoms with Gasteiger partial charge in [-0.25, -0.2) is 0 Å². The van der Waals surface area contributed by atoms with Crippen molar-refractivity contribution >= 4 is 11.8 Å². The number of hydrogen-bond donors (Lipinski definition) is 4. The highest BCUT2D eigenvalue weighted by Gasteiger charge is 2.37. The number of benzene rings is 1. The van der Waals surface area contributed by atoms with Crippen molar-refractivity contribution in [3.05, 3.63) is 48.0 Å². The van der Waals surface area contributed by atoms with Gasteiger partial charge in [-0.15, -0.1) is 0 Å². The fraction of sp³-hybridized carbons (Fsp3) is 0.600. The lowest BCUT2D eigenvalue weighted by molar-refractivity contribution is -0.151. The Labute approximate surface area is 196 Å². The summed E-state index contributed by atoms with van der Waals surface area (Å²) in [5.74, 6) is -0.904. The second-order valence-corrected chi connectivity index (χ2v) is 9.66. The van der Waals surface area contributed by atoms with Crippen LogP contribution in [-0.2, 0) is 20.9 Å². The molecule has 184 valence electrons.